The van der Waals surface area contributed by atoms with E-state index in [1.54, 1.807) is 14.0 Å². The molecule has 0 saturated carbocycles. The number of hydrogen-bond acceptors (Lipinski definition) is 6. The first-order chi connectivity index (χ1) is 18.3. The van der Waals surface area contributed by atoms with Gasteiger partial charge >= 0.3 is 0 Å². The summed E-state index contributed by atoms with van der Waals surface area (Å²) < 4.78 is 7.32. The summed E-state index contributed by atoms with van der Waals surface area (Å²) in [6.45, 7) is 3.09. The third kappa shape index (κ3) is 6.67. The standard InChI is InChI=1S/C29H33N5O4/c1-20(30)14-24(35)15-28(36)34-13-3-4-26(34)29(37)32-16-21-5-9-23(10-6-21)27-17-31-19-33(27)18-22-7-11-25(38-2)12-8-22/h5-12,14,17,19,26H,3-4,13,15-16,18,30H2,1-2H3,(H,32,37)/t26-/m0/s1. The van der Waals surface area contributed by atoms with Crippen molar-refractivity contribution in [1.29, 1.82) is 0 Å². The van der Waals surface area contributed by atoms with Crippen molar-refractivity contribution in [1.82, 2.24) is 19.8 Å². The molecule has 2 amide bonds. The van der Waals surface area contributed by atoms with Gasteiger partial charge in [-0.25, -0.2) is 4.98 Å². The molecule has 0 aliphatic carbocycles. The van der Waals surface area contributed by atoms with Crippen LogP contribution in [0.1, 0.15) is 37.3 Å². The van der Waals surface area contributed by atoms with Crippen molar-refractivity contribution in [2.45, 2.75) is 45.3 Å². The van der Waals surface area contributed by atoms with E-state index in [0.29, 0.717) is 31.8 Å². The summed E-state index contributed by atoms with van der Waals surface area (Å²) in [6, 6.07) is 15.3. The first-order valence-corrected chi connectivity index (χ1v) is 12.6. The van der Waals surface area contributed by atoms with Gasteiger partial charge in [-0.15, -0.1) is 0 Å². The number of ether oxygens (including phenoxy) is 1. The molecular formula is C29H33N5O4. The number of likely N-dealkylation sites (tertiary alicyclic amines) is 1. The van der Waals surface area contributed by atoms with Gasteiger partial charge in [-0.05, 0) is 48.6 Å². The van der Waals surface area contributed by atoms with Gasteiger partial charge in [0.15, 0.2) is 5.78 Å². The number of rotatable bonds is 10. The Kier molecular flexibility index (Phi) is 8.58. The number of nitrogens with zero attached hydrogens (tertiary/aromatic N) is 3. The Morgan fingerprint density at radius 2 is 1.82 bits per heavy atom. The predicted molar refractivity (Wildman–Crippen MR) is 144 cm³/mol. The molecule has 1 atom stereocenters. The van der Waals surface area contributed by atoms with Crippen molar-refractivity contribution in [3.63, 3.8) is 0 Å². The zero-order chi connectivity index (χ0) is 27.1. The van der Waals surface area contributed by atoms with Gasteiger partial charge in [0.2, 0.25) is 11.8 Å². The largest absolute Gasteiger partial charge is 0.497 e. The SMILES string of the molecule is COc1ccc(Cn2cncc2-c2ccc(CNC(=O)[C@@H]3CCCN3C(=O)CC(=O)C=C(C)N)cc2)cc1. The number of imidazole rings is 1. The summed E-state index contributed by atoms with van der Waals surface area (Å²) in [5.74, 6) is -0.0950. The van der Waals surface area contributed by atoms with Gasteiger partial charge < -0.3 is 25.3 Å². The van der Waals surface area contributed by atoms with E-state index in [4.69, 9.17) is 10.5 Å². The second-order valence-electron chi connectivity index (χ2n) is 9.45. The molecule has 198 valence electrons. The highest BCUT2D eigenvalue weighted by Gasteiger charge is 2.34. The topological polar surface area (TPSA) is 120 Å². The van der Waals surface area contributed by atoms with Crippen LogP contribution in [0.5, 0.6) is 5.75 Å². The molecule has 38 heavy (non-hydrogen) atoms. The van der Waals surface area contributed by atoms with Crippen molar-refractivity contribution in [2.24, 2.45) is 5.73 Å². The lowest BCUT2D eigenvalue weighted by Gasteiger charge is -2.23. The quantitative estimate of drug-likeness (QED) is 0.316. The maximum absolute atomic E-state index is 12.9. The number of hydrogen-bond donors (Lipinski definition) is 2. The molecule has 4 rings (SSSR count). The Labute approximate surface area is 222 Å². The molecule has 0 bridgehead atoms. The summed E-state index contributed by atoms with van der Waals surface area (Å²) >= 11 is 0. The molecule has 1 aliphatic heterocycles. The molecule has 1 aromatic heterocycles. The number of methoxy groups -OCH3 is 1. The average Bonchev–Trinajstić information content (AvgIpc) is 3.58. The minimum absolute atomic E-state index is 0.213. The van der Waals surface area contributed by atoms with Gasteiger partial charge in [-0.2, -0.15) is 0 Å². The smallest absolute Gasteiger partial charge is 0.243 e. The van der Waals surface area contributed by atoms with Crippen LogP contribution in [0.15, 0.2) is 72.8 Å². The van der Waals surface area contributed by atoms with Gasteiger partial charge in [-0.1, -0.05) is 36.4 Å². The highest BCUT2D eigenvalue weighted by molar-refractivity contribution is 6.05. The van der Waals surface area contributed by atoms with E-state index in [-0.39, 0.29) is 24.0 Å². The first kappa shape index (κ1) is 26.7. The second-order valence-corrected chi connectivity index (χ2v) is 9.45. The molecule has 9 nitrogen and oxygen atoms in total. The van der Waals surface area contributed by atoms with Crippen LogP contribution in [-0.2, 0) is 27.5 Å². The Bertz CT molecular complexity index is 1310. The van der Waals surface area contributed by atoms with Gasteiger partial charge in [0, 0.05) is 31.4 Å². The van der Waals surface area contributed by atoms with E-state index in [9.17, 15) is 14.4 Å². The lowest BCUT2D eigenvalue weighted by Crippen LogP contribution is -2.46. The van der Waals surface area contributed by atoms with Gasteiger partial charge in [0.25, 0.3) is 0 Å². The van der Waals surface area contributed by atoms with Crippen molar-refractivity contribution < 1.29 is 19.1 Å². The summed E-state index contributed by atoms with van der Waals surface area (Å²) in [5, 5.41) is 2.94. The van der Waals surface area contributed by atoms with E-state index in [1.165, 1.54) is 11.0 Å². The Hall–Kier alpha value is -4.40. The van der Waals surface area contributed by atoms with Crippen LogP contribution in [0.2, 0.25) is 0 Å². The molecule has 3 N–H and O–H groups in total. The van der Waals surface area contributed by atoms with E-state index in [1.807, 2.05) is 61.1 Å². The molecule has 2 aromatic carbocycles. The zero-order valence-corrected chi connectivity index (χ0v) is 21.7. The molecule has 1 fully saturated rings. The number of aromatic nitrogens is 2. The predicted octanol–water partition coefficient (Wildman–Crippen LogP) is 3.04. The number of carbonyl (C=O) groups excluding carboxylic acids is 3. The van der Waals surface area contributed by atoms with Crippen molar-refractivity contribution in [3.8, 4) is 17.0 Å². The molecule has 9 heteroatoms. The highest BCUT2D eigenvalue weighted by Crippen LogP contribution is 2.22. The molecule has 1 saturated heterocycles. The number of ketones is 1. The van der Waals surface area contributed by atoms with Crippen LogP contribution in [0, 0.1) is 0 Å². The zero-order valence-electron chi connectivity index (χ0n) is 21.7. The summed E-state index contributed by atoms with van der Waals surface area (Å²) in [7, 11) is 1.65. The third-order valence-electron chi connectivity index (χ3n) is 6.53. The summed E-state index contributed by atoms with van der Waals surface area (Å²) in [5.41, 5.74) is 9.96. The lowest BCUT2D eigenvalue weighted by molar-refractivity contribution is -0.140. The monoisotopic (exact) mass is 515 g/mol. The Morgan fingerprint density at radius 3 is 2.50 bits per heavy atom. The highest BCUT2D eigenvalue weighted by atomic mass is 16.5. The maximum Gasteiger partial charge on any atom is 0.243 e. The van der Waals surface area contributed by atoms with Crippen LogP contribution in [0.4, 0.5) is 0 Å². The average molecular weight is 516 g/mol. The van der Waals surface area contributed by atoms with Crippen molar-refractivity contribution >= 4 is 17.6 Å². The molecule has 1 aliphatic rings. The summed E-state index contributed by atoms with van der Waals surface area (Å²) in [4.78, 5) is 43.2. The van der Waals surface area contributed by atoms with Crippen LogP contribution in [0.3, 0.4) is 0 Å². The van der Waals surface area contributed by atoms with E-state index >= 15 is 0 Å². The number of nitrogens with two attached hydrogens (primary N) is 1. The van der Waals surface area contributed by atoms with E-state index < -0.39 is 6.04 Å². The second kappa shape index (κ2) is 12.2. The molecular weight excluding hydrogens is 482 g/mol. The van der Waals surface area contributed by atoms with E-state index in [0.717, 1.165) is 34.6 Å². The van der Waals surface area contributed by atoms with Gasteiger partial charge in [0.05, 0.1) is 31.7 Å². The third-order valence-corrected chi connectivity index (χ3v) is 6.53. The number of amides is 2. The molecule has 0 unspecified atom stereocenters. The van der Waals surface area contributed by atoms with E-state index in [2.05, 4.69) is 14.9 Å². The molecule has 2 heterocycles. The van der Waals surface area contributed by atoms with Crippen LogP contribution >= 0.6 is 0 Å². The lowest BCUT2D eigenvalue weighted by atomic mass is 10.1. The fourth-order valence-corrected chi connectivity index (χ4v) is 4.61. The maximum atomic E-state index is 12.9. The Morgan fingerprint density at radius 1 is 1.11 bits per heavy atom. The van der Waals surface area contributed by atoms with Crippen molar-refractivity contribution in [3.05, 3.63) is 84.0 Å². The minimum atomic E-state index is -0.565. The molecule has 0 spiro atoms. The summed E-state index contributed by atoms with van der Waals surface area (Å²) in [6.07, 6.45) is 5.91. The first-order valence-electron chi connectivity index (χ1n) is 12.6. The fraction of sp³-hybridized carbons (Fsp3) is 0.310. The molecule has 3 aromatic rings. The number of benzene rings is 2. The van der Waals surface area contributed by atoms with Gasteiger partial charge in [0.1, 0.15) is 11.8 Å². The van der Waals surface area contributed by atoms with Gasteiger partial charge in [-0.3, -0.25) is 14.4 Å². The fourth-order valence-electron chi connectivity index (χ4n) is 4.61. The normalized spacial score (nSPS) is 15.4. The number of allylic oxidation sites excluding steroid dienone is 2. The van der Waals surface area contributed by atoms with Crippen LogP contribution < -0.4 is 15.8 Å². The van der Waals surface area contributed by atoms with Crippen LogP contribution in [-0.4, -0.2) is 51.7 Å². The van der Waals surface area contributed by atoms with Crippen LogP contribution in [0.25, 0.3) is 11.3 Å². The molecule has 0 radical (unpaired) electrons. The Balaban J connectivity index is 1.34. The van der Waals surface area contributed by atoms with Crippen molar-refractivity contribution in [2.75, 3.05) is 13.7 Å². The number of carbonyl (C=O) groups is 3. The number of nitrogens with one attached hydrogen (secondary N) is 1. The minimum Gasteiger partial charge on any atom is -0.497 e.